The van der Waals surface area contributed by atoms with Gasteiger partial charge in [-0.15, -0.1) is 0 Å². The van der Waals surface area contributed by atoms with Crippen LogP contribution < -0.4 is 0 Å². The summed E-state index contributed by atoms with van der Waals surface area (Å²) in [7, 11) is 0. The molecule has 8 heteroatoms. The minimum atomic E-state index is -1.91. The Kier molecular flexibility index (Phi) is 3.47. The molecule has 0 bridgehead atoms. The molecule has 1 saturated heterocycles. The molecule has 1 unspecified atom stereocenters. The van der Waals surface area contributed by atoms with E-state index in [4.69, 9.17) is 39.5 Å². The second-order valence-electron chi connectivity index (χ2n) is 2.39. The van der Waals surface area contributed by atoms with Crippen molar-refractivity contribution in [3.8, 4) is 0 Å². The largest absolute Gasteiger partial charge is 0.426 e. The van der Waals surface area contributed by atoms with E-state index in [9.17, 15) is 9.59 Å². The minimum absolute atomic E-state index is 0.697. The topological polar surface area (TPSA) is 61.8 Å². The van der Waals surface area contributed by atoms with Crippen LogP contribution in [-0.4, -0.2) is 28.3 Å². The molecule has 0 radical (unpaired) electrons. The molecule has 0 aliphatic carbocycles. The standard InChI is InChI=1S/C6H5Cl3O5/c1-2(10)12-4-3(11)13-5(14-4)6(7,8)9/h4-5H,1H3/t4?,5-/m0/s1. The van der Waals surface area contributed by atoms with Crippen LogP contribution >= 0.6 is 34.8 Å². The summed E-state index contributed by atoms with van der Waals surface area (Å²) in [5, 5.41) is 0. The summed E-state index contributed by atoms with van der Waals surface area (Å²) in [5.41, 5.74) is 0. The van der Waals surface area contributed by atoms with Crippen LogP contribution in [0, 0.1) is 0 Å². The molecule has 0 aromatic carbocycles. The fourth-order valence-electron chi connectivity index (χ4n) is 0.727. The number of esters is 2. The second-order valence-corrected chi connectivity index (χ2v) is 4.76. The van der Waals surface area contributed by atoms with Crippen molar-refractivity contribution in [2.45, 2.75) is 23.3 Å². The van der Waals surface area contributed by atoms with Crippen LogP contribution in [0.25, 0.3) is 0 Å². The molecule has 5 nitrogen and oxygen atoms in total. The molecule has 1 rings (SSSR count). The van der Waals surface area contributed by atoms with E-state index in [2.05, 4.69) is 9.47 Å². The molecule has 0 aromatic heterocycles. The minimum Gasteiger partial charge on any atom is -0.426 e. The van der Waals surface area contributed by atoms with Crippen LogP contribution in [0.15, 0.2) is 0 Å². The van der Waals surface area contributed by atoms with Crippen molar-refractivity contribution in [3.63, 3.8) is 0 Å². The Morgan fingerprint density at radius 3 is 2.43 bits per heavy atom. The number of rotatable bonds is 1. The first-order chi connectivity index (χ1) is 6.30. The molecule has 0 saturated carbocycles. The van der Waals surface area contributed by atoms with Gasteiger partial charge in [0.2, 0.25) is 0 Å². The first kappa shape index (κ1) is 11.8. The van der Waals surface area contributed by atoms with Crippen LogP contribution in [0.4, 0.5) is 0 Å². The Balaban J connectivity index is 2.60. The number of hydrogen-bond acceptors (Lipinski definition) is 5. The van der Waals surface area contributed by atoms with Crippen molar-refractivity contribution < 1.29 is 23.8 Å². The number of ether oxygens (including phenoxy) is 3. The highest BCUT2D eigenvalue weighted by molar-refractivity contribution is 6.68. The number of halogens is 3. The lowest BCUT2D eigenvalue weighted by Crippen LogP contribution is -2.28. The van der Waals surface area contributed by atoms with E-state index in [-0.39, 0.29) is 0 Å². The fourth-order valence-corrected chi connectivity index (χ4v) is 1.02. The van der Waals surface area contributed by atoms with E-state index in [1.165, 1.54) is 0 Å². The van der Waals surface area contributed by atoms with Gasteiger partial charge in [-0.2, -0.15) is 0 Å². The molecule has 0 N–H and O–H groups in total. The van der Waals surface area contributed by atoms with E-state index in [0.717, 1.165) is 6.92 Å². The van der Waals surface area contributed by atoms with Crippen LogP contribution in [0.2, 0.25) is 0 Å². The molecule has 1 heterocycles. The van der Waals surface area contributed by atoms with Crippen LogP contribution in [-0.2, 0) is 23.8 Å². The summed E-state index contributed by atoms with van der Waals surface area (Å²) in [6, 6.07) is 0. The molecular formula is C6H5Cl3O5. The normalized spacial score (nSPS) is 27.3. The zero-order valence-corrected chi connectivity index (χ0v) is 9.10. The van der Waals surface area contributed by atoms with Gasteiger partial charge in [0.15, 0.2) is 0 Å². The summed E-state index contributed by atoms with van der Waals surface area (Å²) in [6.07, 6.45) is -2.84. The van der Waals surface area contributed by atoms with Crippen LogP contribution in [0.5, 0.6) is 0 Å². The molecule has 1 aliphatic heterocycles. The summed E-state index contributed by atoms with van der Waals surface area (Å²) in [6.45, 7) is 1.11. The van der Waals surface area contributed by atoms with Crippen molar-refractivity contribution in [1.82, 2.24) is 0 Å². The van der Waals surface area contributed by atoms with Gasteiger partial charge in [0.05, 0.1) is 0 Å². The number of carbonyl (C=O) groups is 2. The van der Waals surface area contributed by atoms with E-state index < -0.39 is 28.3 Å². The van der Waals surface area contributed by atoms with Gasteiger partial charge in [-0.1, -0.05) is 34.8 Å². The molecule has 1 aliphatic rings. The van der Waals surface area contributed by atoms with E-state index in [1.54, 1.807) is 0 Å². The summed E-state index contributed by atoms with van der Waals surface area (Å²) in [5.74, 6) is -1.60. The Morgan fingerprint density at radius 2 is 2.07 bits per heavy atom. The van der Waals surface area contributed by atoms with Gasteiger partial charge in [-0.25, -0.2) is 4.79 Å². The van der Waals surface area contributed by atoms with Gasteiger partial charge in [-0.3, -0.25) is 9.53 Å². The van der Waals surface area contributed by atoms with Crippen molar-refractivity contribution in [1.29, 1.82) is 0 Å². The van der Waals surface area contributed by atoms with Crippen molar-refractivity contribution in [3.05, 3.63) is 0 Å². The highest BCUT2D eigenvalue weighted by atomic mass is 35.6. The Hall–Kier alpha value is -0.230. The molecule has 0 spiro atoms. The molecule has 1 fully saturated rings. The number of cyclic esters (lactones) is 1. The number of alkyl halides is 3. The summed E-state index contributed by atoms with van der Waals surface area (Å²) >= 11 is 16.2. The van der Waals surface area contributed by atoms with E-state index in [1.807, 2.05) is 0 Å². The van der Waals surface area contributed by atoms with Gasteiger partial charge < -0.3 is 9.47 Å². The zero-order valence-electron chi connectivity index (χ0n) is 6.83. The molecular weight excluding hydrogens is 258 g/mol. The Morgan fingerprint density at radius 1 is 1.50 bits per heavy atom. The van der Waals surface area contributed by atoms with E-state index in [0.29, 0.717) is 0 Å². The van der Waals surface area contributed by atoms with Crippen molar-refractivity contribution >= 4 is 46.7 Å². The van der Waals surface area contributed by atoms with Gasteiger partial charge in [-0.05, 0) is 0 Å². The molecule has 80 valence electrons. The maximum Gasteiger partial charge on any atom is 0.379 e. The predicted octanol–water partition coefficient (Wildman–Crippen LogP) is 1.15. The van der Waals surface area contributed by atoms with Gasteiger partial charge >= 0.3 is 18.2 Å². The lowest BCUT2D eigenvalue weighted by atomic mass is 10.6. The van der Waals surface area contributed by atoms with Crippen molar-refractivity contribution in [2.24, 2.45) is 0 Å². The van der Waals surface area contributed by atoms with Crippen LogP contribution in [0.1, 0.15) is 6.92 Å². The average molecular weight is 263 g/mol. The maximum absolute atomic E-state index is 11.0. The van der Waals surface area contributed by atoms with Crippen LogP contribution in [0.3, 0.4) is 0 Å². The fraction of sp³-hybridized carbons (Fsp3) is 0.667. The third-order valence-electron chi connectivity index (χ3n) is 1.20. The quantitative estimate of drug-likeness (QED) is 0.524. The van der Waals surface area contributed by atoms with Gasteiger partial charge in [0, 0.05) is 6.92 Å². The van der Waals surface area contributed by atoms with Crippen molar-refractivity contribution in [2.75, 3.05) is 0 Å². The summed E-state index contributed by atoms with van der Waals surface area (Å²) in [4.78, 5) is 21.5. The third kappa shape index (κ3) is 2.88. The first-order valence-corrected chi connectivity index (χ1v) is 4.54. The number of hydrogen-bond donors (Lipinski definition) is 0. The lowest BCUT2D eigenvalue weighted by Gasteiger charge is -2.16. The third-order valence-corrected chi connectivity index (χ3v) is 1.74. The maximum atomic E-state index is 11.0. The first-order valence-electron chi connectivity index (χ1n) is 3.40. The van der Waals surface area contributed by atoms with Gasteiger partial charge in [0.25, 0.3) is 10.1 Å². The highest BCUT2D eigenvalue weighted by Crippen LogP contribution is 2.36. The summed E-state index contributed by atoms with van der Waals surface area (Å²) < 4.78 is 11.8. The predicted molar refractivity (Wildman–Crippen MR) is 46.8 cm³/mol. The lowest BCUT2D eigenvalue weighted by molar-refractivity contribution is -0.177. The Labute approximate surface area is 94.1 Å². The molecule has 0 amide bonds. The molecule has 14 heavy (non-hydrogen) atoms. The zero-order chi connectivity index (χ0) is 10.9. The second kappa shape index (κ2) is 4.10. The molecule has 2 atom stereocenters. The smallest absolute Gasteiger partial charge is 0.379 e. The Bertz CT molecular complexity index is 261. The SMILES string of the molecule is CC(=O)OC1O[C@@H](C(Cl)(Cl)Cl)OC1=O. The average Bonchev–Trinajstić information content (AvgIpc) is 2.30. The number of carbonyl (C=O) groups excluding carboxylic acids is 2. The van der Waals surface area contributed by atoms with Gasteiger partial charge in [0.1, 0.15) is 0 Å². The highest BCUT2D eigenvalue weighted by Gasteiger charge is 2.48. The molecule has 0 aromatic rings. The monoisotopic (exact) mass is 262 g/mol. The van der Waals surface area contributed by atoms with E-state index >= 15 is 0 Å².